The molecule has 0 bridgehead atoms. The number of hydrogen-bond donors (Lipinski definition) is 0. The summed E-state index contributed by atoms with van der Waals surface area (Å²) < 4.78 is 0. The van der Waals surface area contributed by atoms with Crippen LogP contribution in [0.2, 0.25) is 0 Å². The molecule has 2 aromatic carbocycles. The van der Waals surface area contributed by atoms with E-state index in [1.54, 1.807) is 0 Å². The van der Waals surface area contributed by atoms with E-state index >= 15 is 0 Å². The third-order valence-corrected chi connectivity index (χ3v) is 12.3. The molecule has 0 aliphatic rings. The summed E-state index contributed by atoms with van der Waals surface area (Å²) in [5, 5.41) is 0. The Morgan fingerprint density at radius 2 is 0.966 bits per heavy atom. The summed E-state index contributed by atoms with van der Waals surface area (Å²) >= 11 is 0. The van der Waals surface area contributed by atoms with Crippen molar-refractivity contribution in [2.45, 2.75) is 246 Å². The first-order valence-corrected chi connectivity index (χ1v) is 25.2. The van der Waals surface area contributed by atoms with Gasteiger partial charge in [0.1, 0.15) is 5.57 Å². The number of benzene rings is 2. The van der Waals surface area contributed by atoms with Gasteiger partial charge in [-0.05, 0) is 84.4 Å². The molecule has 2 rings (SSSR count). The maximum atomic E-state index is 9.86. The fraction of sp³-hybridized carbons (Fsp3) is 0.679. The molecule has 0 N–H and O–H groups in total. The van der Waals surface area contributed by atoms with Gasteiger partial charge < -0.3 is 5.53 Å². The van der Waals surface area contributed by atoms with E-state index in [9.17, 15) is 5.53 Å². The smallest absolute Gasteiger partial charge is 0.307 e. The molecule has 0 spiro atoms. The summed E-state index contributed by atoms with van der Waals surface area (Å²) in [6, 6.07) is 18.3. The third kappa shape index (κ3) is 27.2. The van der Waals surface area contributed by atoms with Gasteiger partial charge >= 0.3 is 5.87 Å². The van der Waals surface area contributed by atoms with E-state index in [2.05, 4.69) is 99.0 Å². The maximum Gasteiger partial charge on any atom is 0.307 e. The number of unbranched alkanes of at least 4 members (excludes halogenated alkanes) is 28. The predicted molar refractivity (Wildman–Crippen MR) is 258 cm³/mol. The molecular weight excluding hydrogens is 759 g/mol. The summed E-state index contributed by atoms with van der Waals surface area (Å²) in [5.41, 5.74) is 18.5. The molecule has 0 unspecified atom stereocenters. The van der Waals surface area contributed by atoms with Gasteiger partial charge in [-0.15, -0.1) is 4.79 Å². The molecule has 0 radical (unpaired) electrons. The molecule has 0 saturated carbocycles. The van der Waals surface area contributed by atoms with Crippen LogP contribution in [0.25, 0.3) is 11.1 Å². The van der Waals surface area contributed by atoms with E-state index in [4.69, 9.17) is 0 Å². The normalized spacial score (nSPS) is 11.7. The average Bonchev–Trinajstić information content (AvgIpc) is 3.25. The summed E-state index contributed by atoms with van der Waals surface area (Å²) in [6.45, 7) is 9.07. The van der Waals surface area contributed by atoms with Crippen LogP contribution in [-0.2, 0) is 29.3 Å². The molecule has 0 aliphatic carbocycles. The van der Waals surface area contributed by atoms with Crippen molar-refractivity contribution in [1.82, 2.24) is 0 Å². The Bertz CT molecular complexity index is 1420. The van der Waals surface area contributed by atoms with Crippen LogP contribution in [0.3, 0.4) is 0 Å². The minimum absolute atomic E-state index is 0. The van der Waals surface area contributed by atoms with Gasteiger partial charge in [-0.25, -0.2) is 0 Å². The fourth-order valence-electron chi connectivity index (χ4n) is 8.51. The van der Waals surface area contributed by atoms with Gasteiger partial charge in [0.25, 0.3) is 0 Å². The topological polar surface area (TPSA) is 36.4 Å². The second kappa shape index (κ2) is 39.7. The van der Waals surface area contributed by atoms with Gasteiger partial charge in [0.15, 0.2) is 0 Å². The molecular formula is C56H90N2Ni. The van der Waals surface area contributed by atoms with Crippen molar-refractivity contribution < 1.29 is 21.3 Å². The van der Waals surface area contributed by atoms with Gasteiger partial charge in [-0.3, -0.25) is 0 Å². The van der Waals surface area contributed by atoms with E-state index in [0.717, 1.165) is 37.7 Å². The number of allylic oxidation sites excluding steroid dienone is 4. The zero-order valence-electron chi connectivity index (χ0n) is 39.0. The quantitative estimate of drug-likeness (QED) is 0.0161. The molecule has 2 aromatic rings. The Hall–Kier alpha value is -2.43. The van der Waals surface area contributed by atoms with Crippen molar-refractivity contribution in [1.29, 1.82) is 0 Å². The Morgan fingerprint density at radius 1 is 0.508 bits per heavy atom. The van der Waals surface area contributed by atoms with Crippen LogP contribution in [0, 0.1) is 0 Å². The van der Waals surface area contributed by atoms with Crippen LogP contribution in [0.4, 0.5) is 0 Å². The van der Waals surface area contributed by atoms with Crippen molar-refractivity contribution in [3.8, 4) is 0 Å². The molecule has 334 valence electrons. The van der Waals surface area contributed by atoms with Crippen molar-refractivity contribution in [3.05, 3.63) is 99.6 Å². The summed E-state index contributed by atoms with van der Waals surface area (Å²) in [6.07, 6.45) is 49.7. The second-order valence-electron chi connectivity index (χ2n) is 17.5. The Labute approximate surface area is 376 Å². The van der Waals surface area contributed by atoms with Crippen LogP contribution in [0.5, 0.6) is 0 Å². The first-order chi connectivity index (χ1) is 28.7. The van der Waals surface area contributed by atoms with Crippen LogP contribution in [0.15, 0.2) is 71.8 Å². The number of hydrogen-bond acceptors (Lipinski definition) is 0. The van der Waals surface area contributed by atoms with Gasteiger partial charge in [-0.1, -0.05) is 256 Å². The van der Waals surface area contributed by atoms with E-state index < -0.39 is 0 Å². The van der Waals surface area contributed by atoms with Crippen LogP contribution >= 0.6 is 0 Å². The summed E-state index contributed by atoms with van der Waals surface area (Å²) in [4.78, 5) is 3.50. The summed E-state index contributed by atoms with van der Waals surface area (Å²) in [7, 11) is 0. The number of aryl methyl sites for hydroxylation is 2. The minimum Gasteiger partial charge on any atom is -0.348 e. The van der Waals surface area contributed by atoms with Crippen molar-refractivity contribution >= 4 is 11.4 Å². The Balaban J connectivity index is 0.0000174. The average molecular weight is 850 g/mol. The van der Waals surface area contributed by atoms with Crippen LogP contribution in [0.1, 0.15) is 255 Å². The SMILES string of the molecule is CCCCCCCCCCCCCCCCCCCCCCCCCC=CC(=C=[N+]=[N-])C(CCCCC)=C(c1ccc(CC)cc1)c1cccc(CCCCCC)c1.[Ni]. The molecule has 0 aliphatic heterocycles. The van der Waals surface area contributed by atoms with E-state index in [-0.39, 0.29) is 16.5 Å². The molecule has 59 heavy (non-hydrogen) atoms. The van der Waals surface area contributed by atoms with Crippen molar-refractivity contribution in [2.24, 2.45) is 0 Å². The van der Waals surface area contributed by atoms with Gasteiger partial charge in [0, 0.05) is 16.5 Å². The van der Waals surface area contributed by atoms with Gasteiger partial charge in [-0.2, -0.15) is 0 Å². The Morgan fingerprint density at radius 3 is 1.44 bits per heavy atom. The first kappa shape index (κ1) is 54.6. The second-order valence-corrected chi connectivity index (χ2v) is 17.5. The van der Waals surface area contributed by atoms with Gasteiger partial charge in [0.05, 0.1) is 0 Å². The van der Waals surface area contributed by atoms with E-state index in [1.807, 2.05) is 0 Å². The first-order valence-electron chi connectivity index (χ1n) is 25.2. The predicted octanol–water partition coefficient (Wildman–Crippen LogP) is 18.5. The molecule has 3 heteroatoms. The Kier molecular flexibility index (Phi) is 36.7. The van der Waals surface area contributed by atoms with Crippen LogP contribution in [-0.4, -0.2) is 10.7 Å². The monoisotopic (exact) mass is 849 g/mol. The van der Waals surface area contributed by atoms with Gasteiger partial charge in [0.2, 0.25) is 0 Å². The van der Waals surface area contributed by atoms with Crippen molar-refractivity contribution in [3.63, 3.8) is 0 Å². The standard InChI is InChI=1S/C56H90N2.Ni/c1-5-9-12-14-15-16-17-18-19-20-21-22-23-24-25-26-27-28-29-30-31-32-33-34-37-41-54(49-58-57)55(43-35-11-7-3)56(52-46-44-50(8-4)45-47-52)53-42-38-40-51(48-53)39-36-13-10-6-2;/h37-38,40-42,44-48H,5-36,39,43H2,1-4H3;. The number of rotatable bonds is 38. The molecule has 0 saturated heterocycles. The van der Waals surface area contributed by atoms with Crippen molar-refractivity contribution in [2.75, 3.05) is 0 Å². The zero-order chi connectivity index (χ0) is 41.6. The minimum atomic E-state index is 0. The molecule has 0 atom stereocenters. The van der Waals surface area contributed by atoms with E-state index in [0.29, 0.717) is 0 Å². The molecule has 0 aromatic heterocycles. The molecule has 0 heterocycles. The molecule has 2 nitrogen and oxygen atoms in total. The van der Waals surface area contributed by atoms with E-state index in [1.165, 1.54) is 220 Å². The largest absolute Gasteiger partial charge is 0.348 e. The number of nitrogens with zero attached hydrogens (tertiary/aromatic N) is 2. The molecule has 0 fully saturated rings. The summed E-state index contributed by atoms with van der Waals surface area (Å²) in [5.74, 6) is 3.04. The zero-order valence-corrected chi connectivity index (χ0v) is 40.0. The fourth-order valence-corrected chi connectivity index (χ4v) is 8.51. The third-order valence-electron chi connectivity index (χ3n) is 12.3. The molecule has 0 amide bonds. The van der Waals surface area contributed by atoms with Crippen LogP contribution < -0.4 is 0 Å². The maximum absolute atomic E-state index is 9.86.